The molecular weight excluding hydrogens is 366 g/mol. The van der Waals surface area contributed by atoms with Crippen LogP contribution in [0.1, 0.15) is 39.1 Å². The number of nitrogens with two attached hydrogens (primary N) is 1. The van der Waals surface area contributed by atoms with Crippen molar-refractivity contribution < 1.29 is 18.0 Å². The summed E-state index contributed by atoms with van der Waals surface area (Å²) in [6.07, 6.45) is 1.67. The molecule has 1 heterocycles. The molecule has 0 atom stereocenters. The number of carbonyl (C=O) groups excluding carboxylic acids is 2. The summed E-state index contributed by atoms with van der Waals surface area (Å²) in [7, 11) is -3.63. The summed E-state index contributed by atoms with van der Waals surface area (Å²) in [5.74, 6) is -1.16. The third-order valence-electron chi connectivity index (χ3n) is 4.60. The van der Waals surface area contributed by atoms with E-state index >= 15 is 0 Å². The molecule has 0 spiro atoms. The Labute approximate surface area is 158 Å². The number of amides is 2. The summed E-state index contributed by atoms with van der Waals surface area (Å²) in [5, 5.41) is 2.65. The van der Waals surface area contributed by atoms with Crippen molar-refractivity contribution in [3.63, 3.8) is 0 Å². The molecular formula is C19H21N3O4S. The molecule has 8 heteroatoms. The van der Waals surface area contributed by atoms with Gasteiger partial charge in [0.15, 0.2) is 0 Å². The number of anilines is 1. The average Bonchev–Trinajstić information content (AvgIpc) is 3.17. The molecule has 0 saturated carbocycles. The fraction of sp³-hybridized carbons (Fsp3) is 0.263. The van der Waals surface area contributed by atoms with Gasteiger partial charge >= 0.3 is 0 Å². The molecule has 2 aromatic rings. The molecule has 0 aliphatic carbocycles. The van der Waals surface area contributed by atoms with Gasteiger partial charge in [-0.15, -0.1) is 0 Å². The molecule has 27 heavy (non-hydrogen) atoms. The van der Waals surface area contributed by atoms with E-state index in [1.165, 1.54) is 22.5 Å². The minimum absolute atomic E-state index is 0.0864. The van der Waals surface area contributed by atoms with Crippen molar-refractivity contribution in [3.05, 3.63) is 59.2 Å². The van der Waals surface area contributed by atoms with E-state index < -0.39 is 21.8 Å². The number of nitrogens with one attached hydrogen (secondary N) is 1. The largest absolute Gasteiger partial charge is 0.366 e. The smallest absolute Gasteiger partial charge is 0.255 e. The highest BCUT2D eigenvalue weighted by atomic mass is 32.2. The van der Waals surface area contributed by atoms with Crippen LogP contribution in [0.25, 0.3) is 0 Å². The molecule has 1 fully saturated rings. The quantitative estimate of drug-likeness (QED) is 0.819. The zero-order chi connectivity index (χ0) is 19.6. The van der Waals surface area contributed by atoms with E-state index in [1.807, 2.05) is 0 Å². The third-order valence-corrected chi connectivity index (χ3v) is 6.49. The van der Waals surface area contributed by atoms with Crippen molar-refractivity contribution in [2.75, 3.05) is 18.4 Å². The minimum atomic E-state index is -3.63. The van der Waals surface area contributed by atoms with Gasteiger partial charge in [0.05, 0.1) is 16.1 Å². The number of nitrogens with zero attached hydrogens (tertiary/aromatic N) is 1. The average molecular weight is 387 g/mol. The van der Waals surface area contributed by atoms with E-state index in [9.17, 15) is 18.0 Å². The van der Waals surface area contributed by atoms with E-state index in [2.05, 4.69) is 5.32 Å². The van der Waals surface area contributed by atoms with Crippen molar-refractivity contribution in [1.29, 1.82) is 0 Å². The summed E-state index contributed by atoms with van der Waals surface area (Å²) in [6, 6.07) is 10.9. The molecule has 1 aliphatic heterocycles. The van der Waals surface area contributed by atoms with Crippen molar-refractivity contribution in [2.45, 2.75) is 24.7 Å². The van der Waals surface area contributed by atoms with Crippen molar-refractivity contribution in [3.8, 4) is 0 Å². The van der Waals surface area contributed by atoms with E-state index in [-0.39, 0.29) is 21.7 Å². The van der Waals surface area contributed by atoms with Gasteiger partial charge in [-0.05, 0) is 49.6 Å². The molecule has 7 nitrogen and oxygen atoms in total. The van der Waals surface area contributed by atoms with Crippen LogP contribution < -0.4 is 11.1 Å². The van der Waals surface area contributed by atoms with Gasteiger partial charge in [-0.1, -0.05) is 18.2 Å². The molecule has 3 N–H and O–H groups in total. The van der Waals surface area contributed by atoms with E-state index in [0.717, 1.165) is 12.8 Å². The number of sulfonamides is 1. The zero-order valence-corrected chi connectivity index (χ0v) is 15.8. The summed E-state index contributed by atoms with van der Waals surface area (Å²) in [5.41, 5.74) is 6.66. The molecule has 3 rings (SSSR count). The van der Waals surface area contributed by atoms with Crippen molar-refractivity contribution in [2.24, 2.45) is 5.73 Å². The lowest BCUT2D eigenvalue weighted by Crippen LogP contribution is -2.28. The van der Waals surface area contributed by atoms with Crippen LogP contribution in [0.3, 0.4) is 0 Å². The topological polar surface area (TPSA) is 110 Å². The second kappa shape index (κ2) is 7.50. The maximum atomic E-state index is 12.8. The lowest BCUT2D eigenvalue weighted by Gasteiger charge is -2.17. The van der Waals surface area contributed by atoms with Crippen LogP contribution >= 0.6 is 0 Å². The first-order chi connectivity index (χ1) is 12.8. The van der Waals surface area contributed by atoms with Crippen LogP contribution in [0.2, 0.25) is 0 Å². The fourth-order valence-electron chi connectivity index (χ4n) is 3.08. The number of hydrogen-bond acceptors (Lipinski definition) is 4. The highest BCUT2D eigenvalue weighted by Gasteiger charge is 2.28. The second-order valence-corrected chi connectivity index (χ2v) is 8.39. The first-order valence-corrected chi connectivity index (χ1v) is 10.1. The molecule has 1 saturated heterocycles. The molecule has 0 unspecified atom stereocenters. The zero-order valence-electron chi connectivity index (χ0n) is 14.9. The number of hydrogen-bond donors (Lipinski definition) is 2. The van der Waals surface area contributed by atoms with Gasteiger partial charge in [0.25, 0.3) is 11.8 Å². The second-order valence-electron chi connectivity index (χ2n) is 6.45. The van der Waals surface area contributed by atoms with E-state index in [0.29, 0.717) is 18.7 Å². The third kappa shape index (κ3) is 3.86. The predicted molar refractivity (Wildman–Crippen MR) is 102 cm³/mol. The molecule has 2 aromatic carbocycles. The Hall–Kier alpha value is -2.71. The SMILES string of the molecule is Cc1ccc(S(=O)(=O)N2CCCC2)cc1C(=O)Nc1ccccc1C(N)=O. The van der Waals surface area contributed by atoms with Gasteiger partial charge in [-0.25, -0.2) is 8.42 Å². The standard InChI is InChI=1S/C19H21N3O4S/c1-13-8-9-14(27(25,26)22-10-4-5-11-22)12-16(13)19(24)21-17-7-3-2-6-15(17)18(20)23/h2-3,6-9,12H,4-5,10-11H2,1H3,(H2,20,23)(H,21,24). The summed E-state index contributed by atoms with van der Waals surface area (Å²) in [6.45, 7) is 2.70. The minimum Gasteiger partial charge on any atom is -0.366 e. The van der Waals surface area contributed by atoms with Crippen LogP contribution in [-0.2, 0) is 10.0 Å². The number of carbonyl (C=O) groups is 2. The molecule has 142 valence electrons. The Morgan fingerprint density at radius 1 is 1.04 bits per heavy atom. The molecule has 1 aliphatic rings. The highest BCUT2D eigenvalue weighted by Crippen LogP contribution is 2.24. The van der Waals surface area contributed by atoms with Gasteiger partial charge in [0.2, 0.25) is 10.0 Å². The Kier molecular flexibility index (Phi) is 5.29. The summed E-state index contributed by atoms with van der Waals surface area (Å²) < 4.78 is 26.9. The first-order valence-electron chi connectivity index (χ1n) is 8.61. The lowest BCUT2D eigenvalue weighted by molar-refractivity contribution is 0.100. The number of benzene rings is 2. The van der Waals surface area contributed by atoms with Crippen molar-refractivity contribution >= 4 is 27.5 Å². The highest BCUT2D eigenvalue weighted by molar-refractivity contribution is 7.89. The number of rotatable bonds is 5. The van der Waals surface area contributed by atoms with Crippen LogP contribution in [0.5, 0.6) is 0 Å². The number of para-hydroxylation sites is 1. The fourth-order valence-corrected chi connectivity index (χ4v) is 4.62. The Bertz CT molecular complexity index is 996. The molecule has 0 aromatic heterocycles. The van der Waals surface area contributed by atoms with E-state index in [4.69, 9.17) is 5.73 Å². The summed E-state index contributed by atoms with van der Waals surface area (Å²) >= 11 is 0. The Morgan fingerprint density at radius 2 is 1.70 bits per heavy atom. The Morgan fingerprint density at radius 3 is 2.37 bits per heavy atom. The Balaban J connectivity index is 1.93. The lowest BCUT2D eigenvalue weighted by atomic mass is 10.1. The van der Waals surface area contributed by atoms with Crippen LogP contribution in [0, 0.1) is 6.92 Å². The molecule has 0 bridgehead atoms. The maximum absolute atomic E-state index is 12.8. The molecule has 0 radical (unpaired) electrons. The van der Waals surface area contributed by atoms with Crippen molar-refractivity contribution in [1.82, 2.24) is 4.31 Å². The predicted octanol–water partition coefficient (Wildman–Crippen LogP) is 2.13. The van der Waals surface area contributed by atoms with Gasteiger partial charge in [-0.3, -0.25) is 9.59 Å². The summed E-state index contributed by atoms with van der Waals surface area (Å²) in [4.78, 5) is 24.4. The van der Waals surface area contributed by atoms with Gasteiger partial charge in [-0.2, -0.15) is 4.31 Å². The van der Waals surface area contributed by atoms with Gasteiger partial charge < -0.3 is 11.1 Å². The number of primary amides is 1. The monoisotopic (exact) mass is 387 g/mol. The van der Waals surface area contributed by atoms with Crippen LogP contribution in [-0.4, -0.2) is 37.6 Å². The van der Waals surface area contributed by atoms with Crippen LogP contribution in [0.4, 0.5) is 5.69 Å². The molecule has 2 amide bonds. The maximum Gasteiger partial charge on any atom is 0.255 e. The van der Waals surface area contributed by atoms with E-state index in [1.54, 1.807) is 31.2 Å². The first kappa shape index (κ1) is 19.1. The van der Waals surface area contributed by atoms with Crippen LogP contribution in [0.15, 0.2) is 47.4 Å². The number of aryl methyl sites for hydroxylation is 1. The normalized spacial score (nSPS) is 14.9. The van der Waals surface area contributed by atoms with Gasteiger partial charge in [0.1, 0.15) is 0 Å². The van der Waals surface area contributed by atoms with Gasteiger partial charge in [0, 0.05) is 18.7 Å².